The second-order valence-corrected chi connectivity index (χ2v) is 7.16. The van der Waals surface area contributed by atoms with Crippen molar-refractivity contribution in [3.63, 3.8) is 0 Å². The van der Waals surface area contributed by atoms with E-state index in [1.54, 1.807) is 12.7 Å². The molecule has 5 rings (SSSR count). The van der Waals surface area contributed by atoms with E-state index >= 15 is 0 Å². The maximum Gasteiger partial charge on any atom is 0.273 e. The molecule has 0 radical (unpaired) electrons. The van der Waals surface area contributed by atoms with Gasteiger partial charge in [-0.1, -0.05) is 76.7 Å². The van der Waals surface area contributed by atoms with Crippen LogP contribution in [0.3, 0.4) is 0 Å². The largest absolute Gasteiger partial charge is 0.273 e. The number of nitrogens with zero attached hydrogens (tertiary/aromatic N) is 3. The molecule has 0 fully saturated rings. The zero-order chi connectivity index (χ0) is 19.1. The molecule has 0 aliphatic heterocycles. The van der Waals surface area contributed by atoms with Gasteiger partial charge in [-0.2, -0.15) is 0 Å². The quantitative estimate of drug-likeness (QED) is 0.317. The van der Waals surface area contributed by atoms with E-state index in [9.17, 15) is 0 Å². The van der Waals surface area contributed by atoms with Crippen LogP contribution in [0.1, 0.15) is 5.56 Å². The van der Waals surface area contributed by atoms with E-state index in [1.807, 2.05) is 11.6 Å². The van der Waals surface area contributed by atoms with E-state index in [-0.39, 0.29) is 0 Å². The van der Waals surface area contributed by atoms with Crippen LogP contribution in [0.5, 0.6) is 0 Å². The van der Waals surface area contributed by atoms with Crippen LogP contribution in [0.2, 0.25) is 0 Å². The van der Waals surface area contributed by atoms with Crippen molar-refractivity contribution in [1.29, 1.82) is 0 Å². The van der Waals surface area contributed by atoms with Crippen LogP contribution in [-0.2, 0) is 7.05 Å². The molecule has 0 aliphatic carbocycles. The van der Waals surface area contributed by atoms with Crippen molar-refractivity contribution >= 4 is 21.5 Å². The highest BCUT2D eigenvalue weighted by atomic mass is 15.1. The van der Waals surface area contributed by atoms with Gasteiger partial charge in [0.15, 0.2) is 0 Å². The fourth-order valence-electron chi connectivity index (χ4n) is 3.95. The van der Waals surface area contributed by atoms with Crippen LogP contribution >= 0.6 is 0 Å². The molecular weight excluding hydrogens is 342 g/mol. The number of rotatable bonds is 2. The lowest BCUT2D eigenvalue weighted by Gasteiger charge is -2.12. The molecule has 1 aromatic heterocycles. The first-order valence-corrected chi connectivity index (χ1v) is 9.40. The third-order valence-corrected chi connectivity index (χ3v) is 5.38. The van der Waals surface area contributed by atoms with E-state index in [1.165, 1.54) is 38.2 Å². The van der Waals surface area contributed by atoms with E-state index in [0.717, 1.165) is 11.4 Å². The minimum absolute atomic E-state index is 0.916. The number of hydrogen-bond donors (Lipinski definition) is 0. The molecule has 3 nitrogen and oxygen atoms in total. The molecule has 5 aromatic rings. The molecule has 28 heavy (non-hydrogen) atoms. The molecule has 4 aromatic carbocycles. The summed E-state index contributed by atoms with van der Waals surface area (Å²) in [4.78, 5) is 8.62. The Balaban J connectivity index is 1.81. The summed E-state index contributed by atoms with van der Waals surface area (Å²) in [5.74, 6) is 0.916. The SMILES string of the molecule is Cc1ccc(-c2cccc3ccc4ccccc4c23)cc1-c1ncnc[n+]1C. The Hall–Kier alpha value is -3.59. The number of aryl methyl sites for hydroxylation is 2. The van der Waals surface area contributed by atoms with Crippen molar-refractivity contribution in [2.75, 3.05) is 0 Å². The molecule has 0 unspecified atom stereocenters. The molecule has 1 heterocycles. The van der Waals surface area contributed by atoms with Gasteiger partial charge in [-0.15, -0.1) is 0 Å². The first-order chi connectivity index (χ1) is 13.7. The van der Waals surface area contributed by atoms with Gasteiger partial charge in [-0.05, 0) is 51.2 Å². The lowest BCUT2D eigenvalue weighted by molar-refractivity contribution is -0.666. The third-order valence-electron chi connectivity index (χ3n) is 5.38. The van der Waals surface area contributed by atoms with Crippen LogP contribution in [0, 0.1) is 6.92 Å². The van der Waals surface area contributed by atoms with Crippen molar-refractivity contribution in [2.45, 2.75) is 6.92 Å². The Kier molecular flexibility index (Phi) is 3.87. The Bertz CT molecular complexity index is 1340. The first-order valence-electron chi connectivity index (χ1n) is 9.40. The highest BCUT2D eigenvalue weighted by Gasteiger charge is 2.15. The predicted octanol–water partition coefficient (Wildman–Crippen LogP) is 5.25. The smallest absolute Gasteiger partial charge is 0.236 e. The van der Waals surface area contributed by atoms with Crippen molar-refractivity contribution in [2.24, 2.45) is 7.05 Å². The van der Waals surface area contributed by atoms with Crippen LogP contribution in [-0.4, -0.2) is 9.97 Å². The zero-order valence-corrected chi connectivity index (χ0v) is 15.9. The molecule has 0 amide bonds. The zero-order valence-electron chi connectivity index (χ0n) is 15.9. The average molecular weight is 362 g/mol. The van der Waals surface area contributed by atoms with Gasteiger partial charge in [-0.25, -0.2) is 4.57 Å². The van der Waals surface area contributed by atoms with Gasteiger partial charge >= 0.3 is 0 Å². The monoisotopic (exact) mass is 362 g/mol. The van der Waals surface area contributed by atoms with Crippen LogP contribution in [0.15, 0.2) is 85.5 Å². The van der Waals surface area contributed by atoms with Gasteiger partial charge in [0.25, 0.3) is 12.2 Å². The van der Waals surface area contributed by atoms with Crippen LogP contribution in [0.25, 0.3) is 44.1 Å². The molecule has 0 saturated heterocycles. The Morgan fingerprint density at radius 1 is 0.786 bits per heavy atom. The first kappa shape index (κ1) is 16.6. The molecule has 0 atom stereocenters. The van der Waals surface area contributed by atoms with Gasteiger partial charge in [0.1, 0.15) is 0 Å². The minimum atomic E-state index is 0.916. The van der Waals surface area contributed by atoms with Gasteiger partial charge < -0.3 is 0 Å². The number of aromatic nitrogens is 3. The lowest BCUT2D eigenvalue weighted by atomic mass is 9.92. The standard InChI is InChI=1S/C25H20N3/c1-17-10-11-20(14-23(17)25-27-15-26-16-28(25)2)22-9-5-7-19-13-12-18-6-3-4-8-21(18)24(19)22/h3-16H,1-2H3/q+1. The summed E-state index contributed by atoms with van der Waals surface area (Å²) in [6.45, 7) is 2.12. The fraction of sp³-hybridized carbons (Fsp3) is 0.0800. The van der Waals surface area contributed by atoms with Crippen molar-refractivity contribution < 1.29 is 4.57 Å². The molecule has 0 spiro atoms. The summed E-state index contributed by atoms with van der Waals surface area (Å²) in [5.41, 5.74) is 4.76. The number of hydrogen-bond acceptors (Lipinski definition) is 2. The molecule has 0 N–H and O–H groups in total. The lowest BCUT2D eigenvalue weighted by Crippen LogP contribution is -2.32. The van der Waals surface area contributed by atoms with E-state index in [0.29, 0.717) is 0 Å². The van der Waals surface area contributed by atoms with Gasteiger partial charge in [0.05, 0.1) is 12.6 Å². The summed E-state index contributed by atoms with van der Waals surface area (Å²) < 4.78 is 1.96. The minimum Gasteiger partial charge on any atom is -0.236 e. The highest BCUT2D eigenvalue weighted by Crippen LogP contribution is 2.36. The second kappa shape index (κ2) is 6.54. The maximum absolute atomic E-state index is 4.51. The Morgan fingerprint density at radius 3 is 2.50 bits per heavy atom. The summed E-state index contributed by atoms with van der Waals surface area (Å²) in [6.07, 6.45) is 3.40. The fourth-order valence-corrected chi connectivity index (χ4v) is 3.95. The summed E-state index contributed by atoms with van der Waals surface area (Å²) in [6, 6.07) is 26.2. The number of benzene rings is 4. The van der Waals surface area contributed by atoms with Crippen molar-refractivity contribution in [3.05, 3.63) is 91.0 Å². The summed E-state index contributed by atoms with van der Waals surface area (Å²) in [7, 11) is 1.98. The van der Waals surface area contributed by atoms with E-state index < -0.39 is 0 Å². The van der Waals surface area contributed by atoms with E-state index in [2.05, 4.69) is 89.7 Å². The molecular formula is C25H20N3+. The molecule has 0 bridgehead atoms. The Morgan fingerprint density at radius 2 is 1.61 bits per heavy atom. The van der Waals surface area contributed by atoms with Gasteiger partial charge in [0, 0.05) is 0 Å². The summed E-state index contributed by atoms with van der Waals surface area (Å²) in [5, 5.41) is 5.09. The van der Waals surface area contributed by atoms with E-state index in [4.69, 9.17) is 0 Å². The molecule has 3 heteroatoms. The molecule has 0 saturated carbocycles. The topological polar surface area (TPSA) is 29.7 Å². The third kappa shape index (κ3) is 2.64. The summed E-state index contributed by atoms with van der Waals surface area (Å²) >= 11 is 0. The Labute approximate surface area is 164 Å². The van der Waals surface area contributed by atoms with Crippen LogP contribution in [0.4, 0.5) is 0 Å². The van der Waals surface area contributed by atoms with Crippen molar-refractivity contribution in [3.8, 4) is 22.5 Å². The second-order valence-electron chi connectivity index (χ2n) is 7.16. The highest BCUT2D eigenvalue weighted by molar-refractivity contribution is 6.14. The van der Waals surface area contributed by atoms with Gasteiger partial charge in [-0.3, -0.25) is 0 Å². The average Bonchev–Trinajstić information content (AvgIpc) is 2.74. The van der Waals surface area contributed by atoms with Crippen molar-refractivity contribution in [1.82, 2.24) is 9.97 Å². The molecule has 0 aliphatic rings. The maximum atomic E-state index is 4.51. The van der Waals surface area contributed by atoms with Gasteiger partial charge in [0.2, 0.25) is 6.33 Å². The predicted molar refractivity (Wildman–Crippen MR) is 114 cm³/mol. The molecule has 134 valence electrons. The number of fused-ring (bicyclic) bond motifs is 3. The van der Waals surface area contributed by atoms with Crippen LogP contribution < -0.4 is 4.57 Å². The normalized spacial score (nSPS) is 11.2.